The Morgan fingerprint density at radius 2 is 2.06 bits per heavy atom. The lowest BCUT2D eigenvalue weighted by molar-refractivity contribution is 0.409. The van der Waals surface area contributed by atoms with Crippen molar-refractivity contribution in [1.29, 1.82) is 0 Å². The Kier molecular flexibility index (Phi) is 2.28. The molecule has 1 atom stereocenters. The number of hydrogen-bond acceptors (Lipinski definition) is 1. The van der Waals surface area contributed by atoms with Crippen molar-refractivity contribution in [2.75, 3.05) is 6.54 Å². The van der Waals surface area contributed by atoms with Gasteiger partial charge in [0.2, 0.25) is 0 Å². The lowest BCUT2D eigenvalue weighted by atomic mass is 9.80. The predicted octanol–water partition coefficient (Wildman–Crippen LogP) is 3.08. The molecular weight excluding hydrogens is 201 g/mol. The van der Waals surface area contributed by atoms with Gasteiger partial charge in [-0.05, 0) is 60.4 Å². The Morgan fingerprint density at radius 3 is 2.75 bits per heavy atom. The number of benzene rings is 1. The molecule has 0 heterocycles. The van der Waals surface area contributed by atoms with Crippen LogP contribution in [0.3, 0.4) is 0 Å². The first-order valence-electron chi connectivity index (χ1n) is 6.25. The molecule has 2 aliphatic carbocycles. The van der Waals surface area contributed by atoms with Gasteiger partial charge in [0, 0.05) is 0 Å². The van der Waals surface area contributed by atoms with Gasteiger partial charge >= 0.3 is 0 Å². The van der Waals surface area contributed by atoms with Gasteiger partial charge < -0.3 is 5.73 Å². The molecule has 2 aliphatic rings. The molecule has 0 aliphatic heterocycles. The van der Waals surface area contributed by atoms with E-state index in [0.717, 1.165) is 6.42 Å². The number of hydrogen-bond donors (Lipinski definition) is 1. The quantitative estimate of drug-likeness (QED) is 0.771. The van der Waals surface area contributed by atoms with Gasteiger partial charge in [-0.1, -0.05) is 18.9 Å². The van der Waals surface area contributed by atoms with Crippen LogP contribution in [0, 0.1) is 5.82 Å². The second-order valence-electron chi connectivity index (χ2n) is 5.36. The Bertz CT molecular complexity index is 407. The topological polar surface area (TPSA) is 26.0 Å². The molecule has 1 spiro atoms. The van der Waals surface area contributed by atoms with Crippen LogP contribution >= 0.6 is 0 Å². The highest BCUT2D eigenvalue weighted by atomic mass is 19.1. The maximum Gasteiger partial charge on any atom is 0.123 e. The average Bonchev–Trinajstić information content (AvgIpc) is 2.86. The number of fused-ring (bicyclic) bond motifs is 2. The molecule has 0 radical (unpaired) electrons. The molecule has 0 aromatic heterocycles. The summed E-state index contributed by atoms with van der Waals surface area (Å²) in [6.45, 7) is 0.695. The molecule has 0 saturated heterocycles. The highest BCUT2D eigenvalue weighted by Gasteiger charge is 2.44. The van der Waals surface area contributed by atoms with Crippen molar-refractivity contribution in [3.63, 3.8) is 0 Å². The molecule has 3 rings (SSSR count). The number of halogens is 1. The van der Waals surface area contributed by atoms with E-state index in [0.29, 0.717) is 12.5 Å². The maximum absolute atomic E-state index is 13.4. The minimum atomic E-state index is -0.0947. The molecule has 1 nitrogen and oxygen atoms in total. The smallest absolute Gasteiger partial charge is 0.123 e. The molecule has 1 fully saturated rings. The SMILES string of the molecule is NCC1CC2(CCCC2)c2cc(F)ccc21. The van der Waals surface area contributed by atoms with Crippen molar-refractivity contribution >= 4 is 0 Å². The van der Waals surface area contributed by atoms with E-state index in [9.17, 15) is 4.39 Å². The molecule has 1 unspecified atom stereocenters. The van der Waals surface area contributed by atoms with Crippen LogP contribution < -0.4 is 5.73 Å². The van der Waals surface area contributed by atoms with Gasteiger partial charge in [-0.15, -0.1) is 0 Å². The van der Waals surface area contributed by atoms with Gasteiger partial charge in [-0.3, -0.25) is 0 Å². The van der Waals surface area contributed by atoms with Crippen molar-refractivity contribution in [3.8, 4) is 0 Å². The lowest BCUT2D eigenvalue weighted by Gasteiger charge is -2.24. The second kappa shape index (κ2) is 3.56. The summed E-state index contributed by atoms with van der Waals surface area (Å²) in [6, 6.07) is 5.29. The molecule has 1 aromatic rings. The molecule has 0 amide bonds. The van der Waals surface area contributed by atoms with Crippen LogP contribution in [-0.2, 0) is 5.41 Å². The van der Waals surface area contributed by atoms with Crippen LogP contribution in [0.1, 0.15) is 49.1 Å². The standard InChI is InChI=1S/C14H18FN/c15-11-3-4-12-10(9-16)8-14(13(12)7-11)5-1-2-6-14/h3-4,7,10H,1-2,5-6,8-9,16H2. The van der Waals surface area contributed by atoms with E-state index in [4.69, 9.17) is 5.73 Å². The Balaban J connectivity index is 2.11. The molecule has 1 aromatic carbocycles. The number of nitrogens with two attached hydrogens (primary N) is 1. The maximum atomic E-state index is 13.4. The van der Waals surface area contributed by atoms with Crippen LogP contribution in [0.15, 0.2) is 18.2 Å². The highest BCUT2D eigenvalue weighted by Crippen LogP contribution is 2.54. The fourth-order valence-electron chi connectivity index (χ4n) is 3.77. The first kappa shape index (κ1) is 10.3. The first-order chi connectivity index (χ1) is 7.75. The summed E-state index contributed by atoms with van der Waals surface area (Å²) in [5.74, 6) is 0.358. The van der Waals surface area contributed by atoms with Crippen LogP contribution in [0.2, 0.25) is 0 Å². The fourth-order valence-corrected chi connectivity index (χ4v) is 3.77. The van der Waals surface area contributed by atoms with Crippen molar-refractivity contribution < 1.29 is 4.39 Å². The minimum Gasteiger partial charge on any atom is -0.330 e. The van der Waals surface area contributed by atoms with Crippen LogP contribution in [0.4, 0.5) is 4.39 Å². The molecule has 0 bridgehead atoms. The molecule has 1 saturated carbocycles. The minimum absolute atomic E-state index is 0.0947. The van der Waals surface area contributed by atoms with E-state index < -0.39 is 0 Å². The summed E-state index contributed by atoms with van der Waals surface area (Å²) in [6.07, 6.45) is 6.16. The largest absolute Gasteiger partial charge is 0.330 e. The third-order valence-electron chi connectivity index (χ3n) is 4.51. The van der Waals surface area contributed by atoms with Gasteiger partial charge in [-0.2, -0.15) is 0 Å². The van der Waals surface area contributed by atoms with Crippen LogP contribution in [-0.4, -0.2) is 6.54 Å². The van der Waals surface area contributed by atoms with E-state index in [1.165, 1.54) is 36.8 Å². The lowest BCUT2D eigenvalue weighted by Crippen LogP contribution is -2.19. The predicted molar refractivity (Wildman–Crippen MR) is 63.0 cm³/mol. The zero-order chi connectivity index (χ0) is 11.2. The Labute approximate surface area is 95.8 Å². The Hall–Kier alpha value is -0.890. The van der Waals surface area contributed by atoms with Gasteiger partial charge in [-0.25, -0.2) is 4.39 Å². The number of rotatable bonds is 1. The highest BCUT2D eigenvalue weighted by molar-refractivity contribution is 5.43. The van der Waals surface area contributed by atoms with Crippen molar-refractivity contribution in [1.82, 2.24) is 0 Å². The van der Waals surface area contributed by atoms with Crippen molar-refractivity contribution in [2.24, 2.45) is 5.73 Å². The van der Waals surface area contributed by atoms with E-state index in [-0.39, 0.29) is 11.2 Å². The van der Waals surface area contributed by atoms with Crippen molar-refractivity contribution in [3.05, 3.63) is 35.1 Å². The summed E-state index contributed by atoms with van der Waals surface area (Å²) in [7, 11) is 0. The van der Waals surface area contributed by atoms with Crippen LogP contribution in [0.25, 0.3) is 0 Å². The third kappa shape index (κ3) is 1.32. The first-order valence-corrected chi connectivity index (χ1v) is 6.25. The van der Waals surface area contributed by atoms with E-state index in [2.05, 4.69) is 0 Å². The van der Waals surface area contributed by atoms with E-state index >= 15 is 0 Å². The van der Waals surface area contributed by atoms with E-state index in [1.54, 1.807) is 12.1 Å². The summed E-state index contributed by atoms with van der Waals surface area (Å²) in [5.41, 5.74) is 8.68. The van der Waals surface area contributed by atoms with Gasteiger partial charge in [0.05, 0.1) is 0 Å². The summed E-state index contributed by atoms with van der Waals surface area (Å²) >= 11 is 0. The zero-order valence-electron chi connectivity index (χ0n) is 9.51. The van der Waals surface area contributed by atoms with Crippen LogP contribution in [0.5, 0.6) is 0 Å². The third-order valence-corrected chi connectivity index (χ3v) is 4.51. The molecule has 2 heteroatoms. The van der Waals surface area contributed by atoms with Gasteiger partial charge in [0.15, 0.2) is 0 Å². The summed E-state index contributed by atoms with van der Waals surface area (Å²) < 4.78 is 13.4. The molecule has 2 N–H and O–H groups in total. The normalized spacial score (nSPS) is 26.2. The Morgan fingerprint density at radius 1 is 1.31 bits per heavy atom. The fraction of sp³-hybridized carbons (Fsp3) is 0.571. The van der Waals surface area contributed by atoms with E-state index in [1.807, 2.05) is 6.07 Å². The summed E-state index contributed by atoms with van der Waals surface area (Å²) in [4.78, 5) is 0. The monoisotopic (exact) mass is 219 g/mol. The van der Waals surface area contributed by atoms with Crippen molar-refractivity contribution in [2.45, 2.75) is 43.4 Å². The zero-order valence-corrected chi connectivity index (χ0v) is 9.51. The van der Waals surface area contributed by atoms with Gasteiger partial charge in [0.25, 0.3) is 0 Å². The summed E-state index contributed by atoms with van der Waals surface area (Å²) in [5, 5.41) is 0. The second-order valence-corrected chi connectivity index (χ2v) is 5.36. The molecule has 16 heavy (non-hydrogen) atoms. The van der Waals surface area contributed by atoms with Gasteiger partial charge in [0.1, 0.15) is 5.82 Å². The molecular formula is C14H18FN. The average molecular weight is 219 g/mol. The molecule has 86 valence electrons.